The van der Waals surface area contributed by atoms with Crippen molar-refractivity contribution in [1.82, 2.24) is 5.32 Å². The van der Waals surface area contributed by atoms with E-state index in [2.05, 4.69) is 10.6 Å². The zero-order valence-electron chi connectivity index (χ0n) is 9.42. The summed E-state index contributed by atoms with van der Waals surface area (Å²) in [6.07, 6.45) is 1.02. The van der Waals surface area contributed by atoms with E-state index in [-0.39, 0.29) is 0 Å². The van der Waals surface area contributed by atoms with Gasteiger partial charge in [0.25, 0.3) is 0 Å². The highest BCUT2D eigenvalue weighted by Crippen LogP contribution is 2.24. The molecule has 4 heteroatoms. The predicted molar refractivity (Wildman–Crippen MR) is 67.1 cm³/mol. The first-order valence-electron chi connectivity index (χ1n) is 5.57. The van der Waals surface area contributed by atoms with Crippen LogP contribution in [-0.2, 0) is 11.3 Å². The summed E-state index contributed by atoms with van der Waals surface area (Å²) >= 11 is 5.97. The quantitative estimate of drug-likeness (QED) is 0.832. The highest BCUT2D eigenvalue weighted by molar-refractivity contribution is 6.30. The summed E-state index contributed by atoms with van der Waals surface area (Å²) < 4.78 is 5.61. The minimum Gasteiger partial charge on any atom is -0.381 e. The number of anilines is 1. The highest BCUT2D eigenvalue weighted by Gasteiger charge is 2.13. The van der Waals surface area contributed by atoms with E-state index < -0.39 is 0 Å². The van der Waals surface area contributed by atoms with Crippen LogP contribution in [0.1, 0.15) is 12.0 Å². The lowest BCUT2D eigenvalue weighted by Crippen LogP contribution is -2.33. The van der Waals surface area contributed by atoms with Gasteiger partial charge in [-0.05, 0) is 31.7 Å². The lowest BCUT2D eigenvalue weighted by Gasteiger charge is -2.24. The molecule has 0 saturated carbocycles. The van der Waals surface area contributed by atoms with Crippen LogP contribution in [0.4, 0.5) is 5.69 Å². The number of rotatable bonds is 2. The van der Waals surface area contributed by atoms with Crippen molar-refractivity contribution in [1.29, 1.82) is 0 Å². The van der Waals surface area contributed by atoms with E-state index in [1.807, 2.05) is 25.2 Å². The molecule has 0 fully saturated rings. The third-order valence-electron chi connectivity index (χ3n) is 2.75. The van der Waals surface area contributed by atoms with Crippen molar-refractivity contribution in [3.05, 3.63) is 28.8 Å². The van der Waals surface area contributed by atoms with Gasteiger partial charge in [-0.3, -0.25) is 0 Å². The van der Waals surface area contributed by atoms with E-state index in [9.17, 15) is 0 Å². The number of benzene rings is 1. The Hall–Kier alpha value is -0.770. The average molecular weight is 241 g/mol. The minimum atomic E-state index is 0.408. The summed E-state index contributed by atoms with van der Waals surface area (Å²) in [6.45, 7) is 2.35. The second kappa shape index (κ2) is 5.53. The van der Waals surface area contributed by atoms with Crippen LogP contribution in [0.2, 0.25) is 5.02 Å². The van der Waals surface area contributed by atoms with Gasteiger partial charge in [-0.15, -0.1) is 0 Å². The van der Waals surface area contributed by atoms with Crippen LogP contribution < -0.4 is 10.6 Å². The van der Waals surface area contributed by atoms with Crippen LogP contribution in [0.3, 0.4) is 0 Å². The van der Waals surface area contributed by atoms with Gasteiger partial charge in [-0.2, -0.15) is 0 Å². The number of fused-ring (bicyclic) bond motifs is 1. The molecule has 2 rings (SSSR count). The Morgan fingerprint density at radius 3 is 3.25 bits per heavy atom. The van der Waals surface area contributed by atoms with Crippen molar-refractivity contribution >= 4 is 17.3 Å². The van der Waals surface area contributed by atoms with Gasteiger partial charge in [-0.25, -0.2) is 0 Å². The van der Waals surface area contributed by atoms with Crippen LogP contribution in [0, 0.1) is 0 Å². The summed E-state index contributed by atoms with van der Waals surface area (Å²) in [5.41, 5.74) is 2.26. The van der Waals surface area contributed by atoms with Gasteiger partial charge in [0, 0.05) is 35.5 Å². The normalized spacial score (nSPS) is 20.5. The Kier molecular flexibility index (Phi) is 4.04. The highest BCUT2D eigenvalue weighted by atomic mass is 35.5. The number of likely N-dealkylation sites (N-methyl/N-ethyl adjacent to an activating group) is 1. The second-order valence-corrected chi connectivity index (χ2v) is 4.48. The molecular formula is C12H17ClN2O. The van der Waals surface area contributed by atoms with E-state index in [1.165, 1.54) is 0 Å². The molecule has 0 saturated heterocycles. The molecule has 1 unspecified atom stereocenters. The fraction of sp³-hybridized carbons (Fsp3) is 0.500. The Morgan fingerprint density at radius 1 is 1.56 bits per heavy atom. The lowest BCUT2D eigenvalue weighted by atomic mass is 10.1. The number of nitrogens with one attached hydrogen (secondary N) is 2. The smallest absolute Gasteiger partial charge is 0.0737 e. The number of hydrogen-bond acceptors (Lipinski definition) is 3. The van der Waals surface area contributed by atoms with Gasteiger partial charge >= 0.3 is 0 Å². The molecule has 0 amide bonds. The van der Waals surface area contributed by atoms with E-state index in [4.69, 9.17) is 16.3 Å². The van der Waals surface area contributed by atoms with Crippen LogP contribution in [0.25, 0.3) is 0 Å². The second-order valence-electron chi connectivity index (χ2n) is 4.04. The molecule has 1 aliphatic heterocycles. The van der Waals surface area contributed by atoms with Gasteiger partial charge in [0.2, 0.25) is 0 Å². The number of ether oxygens (including phenoxy) is 1. The molecule has 1 aromatic carbocycles. The van der Waals surface area contributed by atoms with Crippen LogP contribution >= 0.6 is 11.6 Å². The summed E-state index contributed by atoms with van der Waals surface area (Å²) in [5, 5.41) is 7.47. The molecular weight excluding hydrogens is 224 g/mol. The average Bonchev–Trinajstić information content (AvgIpc) is 2.24. The summed E-state index contributed by atoms with van der Waals surface area (Å²) in [6, 6.07) is 6.30. The maximum atomic E-state index is 5.97. The number of halogens is 1. The van der Waals surface area contributed by atoms with Crippen molar-refractivity contribution < 1.29 is 4.74 Å². The van der Waals surface area contributed by atoms with Gasteiger partial charge < -0.3 is 15.4 Å². The first-order chi connectivity index (χ1) is 7.79. The predicted octanol–water partition coefficient (Wildman–Crippen LogP) is 2.26. The first-order valence-corrected chi connectivity index (χ1v) is 5.94. The first kappa shape index (κ1) is 11.7. The third-order valence-corrected chi connectivity index (χ3v) is 2.98. The minimum absolute atomic E-state index is 0.408. The Balaban J connectivity index is 2.18. The van der Waals surface area contributed by atoms with Crippen LogP contribution in [0.15, 0.2) is 18.2 Å². The monoisotopic (exact) mass is 240 g/mol. The molecule has 1 atom stereocenters. The summed E-state index contributed by atoms with van der Waals surface area (Å²) in [4.78, 5) is 0. The third kappa shape index (κ3) is 2.88. The molecule has 0 aliphatic carbocycles. The fourth-order valence-electron chi connectivity index (χ4n) is 1.92. The molecule has 88 valence electrons. The molecule has 16 heavy (non-hydrogen) atoms. The maximum absolute atomic E-state index is 5.97. The van der Waals surface area contributed by atoms with Crippen molar-refractivity contribution in [3.63, 3.8) is 0 Å². The Morgan fingerprint density at radius 2 is 2.44 bits per heavy atom. The molecule has 0 aromatic heterocycles. The Bertz CT molecular complexity index is 357. The zero-order valence-corrected chi connectivity index (χ0v) is 10.2. The van der Waals surface area contributed by atoms with Crippen molar-refractivity contribution in [2.45, 2.75) is 19.1 Å². The molecule has 3 nitrogen and oxygen atoms in total. The molecule has 0 spiro atoms. The molecule has 1 aromatic rings. The van der Waals surface area contributed by atoms with Crippen molar-refractivity contribution in [2.75, 3.05) is 25.5 Å². The van der Waals surface area contributed by atoms with E-state index >= 15 is 0 Å². The van der Waals surface area contributed by atoms with Gasteiger partial charge in [0.15, 0.2) is 0 Å². The fourth-order valence-corrected chi connectivity index (χ4v) is 2.12. The number of hydrogen-bond donors (Lipinski definition) is 2. The van der Waals surface area contributed by atoms with Crippen LogP contribution in [0.5, 0.6) is 0 Å². The van der Waals surface area contributed by atoms with Crippen LogP contribution in [-0.4, -0.2) is 26.2 Å². The molecule has 1 heterocycles. The molecule has 2 N–H and O–H groups in total. The standard InChI is InChI=1S/C12H17ClN2O/c1-14-7-11-4-5-16-8-9-6-10(13)2-3-12(9)15-11/h2-3,6,11,14-15H,4-5,7-8H2,1H3. The molecule has 0 bridgehead atoms. The Labute approximate surface area is 101 Å². The molecule has 0 radical (unpaired) electrons. The van der Waals surface area contributed by atoms with Gasteiger partial charge in [0.1, 0.15) is 0 Å². The van der Waals surface area contributed by atoms with Crippen molar-refractivity contribution in [3.8, 4) is 0 Å². The summed E-state index contributed by atoms with van der Waals surface area (Å²) in [5.74, 6) is 0. The largest absolute Gasteiger partial charge is 0.381 e. The van der Waals surface area contributed by atoms with E-state index in [1.54, 1.807) is 0 Å². The van der Waals surface area contributed by atoms with Gasteiger partial charge in [0.05, 0.1) is 6.61 Å². The SMILES string of the molecule is CNCC1CCOCc2cc(Cl)ccc2N1. The lowest BCUT2D eigenvalue weighted by molar-refractivity contribution is 0.113. The molecule has 1 aliphatic rings. The topological polar surface area (TPSA) is 33.3 Å². The van der Waals surface area contributed by atoms with Crippen molar-refractivity contribution in [2.24, 2.45) is 0 Å². The van der Waals surface area contributed by atoms with E-state index in [0.717, 1.165) is 35.8 Å². The van der Waals surface area contributed by atoms with E-state index in [0.29, 0.717) is 12.6 Å². The zero-order chi connectivity index (χ0) is 11.4. The summed E-state index contributed by atoms with van der Waals surface area (Å²) in [7, 11) is 1.96. The maximum Gasteiger partial charge on any atom is 0.0737 e. The van der Waals surface area contributed by atoms with Gasteiger partial charge in [-0.1, -0.05) is 11.6 Å².